The Morgan fingerprint density at radius 3 is 2.42 bits per heavy atom. The van der Waals surface area contributed by atoms with Crippen molar-refractivity contribution in [3.63, 3.8) is 0 Å². The van der Waals surface area contributed by atoms with E-state index in [1.165, 1.54) is 26.7 Å². The van der Waals surface area contributed by atoms with Gasteiger partial charge in [-0.15, -0.1) is 21.5 Å². The van der Waals surface area contributed by atoms with Crippen LogP contribution in [0, 0.1) is 20.8 Å². The van der Waals surface area contributed by atoms with Gasteiger partial charge in [0.15, 0.2) is 5.82 Å². The number of aliphatic imine (C=N–C) groups is 1. The normalized spacial score (nSPS) is 19.9. The Morgan fingerprint density at radius 2 is 1.71 bits per heavy atom. The van der Waals surface area contributed by atoms with Gasteiger partial charge in [0.1, 0.15) is 16.9 Å². The van der Waals surface area contributed by atoms with Crippen molar-refractivity contribution in [3.05, 3.63) is 68.6 Å². The summed E-state index contributed by atoms with van der Waals surface area (Å²) < 4.78 is 2.20. The van der Waals surface area contributed by atoms with Gasteiger partial charge in [-0.2, -0.15) is 0 Å². The second-order valence-corrected chi connectivity index (χ2v) is 9.97. The molecule has 1 atom stereocenters. The molecule has 1 N–H and O–H groups in total. The van der Waals surface area contributed by atoms with Gasteiger partial charge in [0, 0.05) is 47.9 Å². The van der Waals surface area contributed by atoms with E-state index in [-0.39, 0.29) is 6.04 Å². The number of nitrogens with zero attached hydrogens (tertiary/aromatic N) is 5. The van der Waals surface area contributed by atoms with Crippen LogP contribution in [0.4, 0.5) is 5.69 Å². The molecule has 0 radical (unpaired) electrons. The lowest BCUT2D eigenvalue weighted by atomic mass is 9.99. The Labute approximate surface area is 186 Å². The summed E-state index contributed by atoms with van der Waals surface area (Å²) in [6, 6.07) is 8.93. The molecule has 1 aromatic carbocycles. The van der Waals surface area contributed by atoms with Gasteiger partial charge in [-0.3, -0.25) is 9.56 Å². The van der Waals surface area contributed by atoms with E-state index in [4.69, 9.17) is 4.99 Å². The molecule has 0 aliphatic carbocycles. The minimum Gasteiger partial charge on any atom is -0.363 e. The number of hydrogen-bond donors (Lipinski definition) is 1. The third-order valence-corrected chi connectivity index (χ3v) is 7.99. The summed E-state index contributed by atoms with van der Waals surface area (Å²) in [4.78, 5) is 8.95. The number of benzene rings is 1. The van der Waals surface area contributed by atoms with Crippen molar-refractivity contribution in [1.29, 1.82) is 0 Å². The summed E-state index contributed by atoms with van der Waals surface area (Å²) in [6.45, 7) is 12.7. The van der Waals surface area contributed by atoms with Gasteiger partial charge in [-0.05, 0) is 56.5 Å². The van der Waals surface area contributed by atoms with Crippen molar-refractivity contribution >= 4 is 22.7 Å². The number of thiophene rings is 1. The Balaban J connectivity index is 1.41. The molecule has 3 aliphatic heterocycles. The minimum absolute atomic E-state index is 0.0477. The third kappa shape index (κ3) is 2.83. The van der Waals surface area contributed by atoms with Crippen molar-refractivity contribution in [1.82, 2.24) is 20.1 Å². The first-order valence-electron chi connectivity index (χ1n) is 10.9. The largest absolute Gasteiger partial charge is 0.363 e. The molecule has 158 valence electrons. The van der Waals surface area contributed by atoms with E-state index in [0.717, 1.165) is 49.1 Å². The number of aromatic nitrogens is 3. The highest BCUT2D eigenvalue weighted by Crippen LogP contribution is 2.38. The highest BCUT2D eigenvalue weighted by atomic mass is 32.1. The molecule has 0 spiro atoms. The molecule has 0 amide bonds. The number of anilines is 1. The van der Waals surface area contributed by atoms with Crippen LogP contribution in [0.5, 0.6) is 0 Å². The van der Waals surface area contributed by atoms with Gasteiger partial charge in [0.2, 0.25) is 0 Å². The second kappa shape index (κ2) is 6.87. The fourth-order valence-electron chi connectivity index (χ4n) is 4.96. The Hall–Kier alpha value is -2.77. The van der Waals surface area contributed by atoms with E-state index in [1.54, 1.807) is 11.1 Å². The molecule has 0 saturated heterocycles. The van der Waals surface area contributed by atoms with Gasteiger partial charge < -0.3 is 10.2 Å². The number of rotatable bonds is 2. The molecule has 31 heavy (non-hydrogen) atoms. The predicted octanol–water partition coefficient (Wildman–Crippen LogP) is 3.89. The van der Waals surface area contributed by atoms with Crippen LogP contribution < -0.4 is 10.2 Å². The zero-order valence-corrected chi connectivity index (χ0v) is 19.2. The lowest BCUT2D eigenvalue weighted by molar-refractivity contribution is 0.724. The summed E-state index contributed by atoms with van der Waals surface area (Å²) in [5, 5.41) is 13.4. The maximum atomic E-state index is 5.16. The van der Waals surface area contributed by atoms with Gasteiger partial charge in [-0.25, -0.2) is 0 Å². The summed E-state index contributed by atoms with van der Waals surface area (Å²) in [5.41, 5.74) is 9.16. The van der Waals surface area contributed by atoms with Gasteiger partial charge in [0.25, 0.3) is 0 Å². The van der Waals surface area contributed by atoms with E-state index in [0.29, 0.717) is 0 Å². The van der Waals surface area contributed by atoms with E-state index >= 15 is 0 Å². The zero-order valence-electron chi connectivity index (χ0n) is 18.4. The first-order chi connectivity index (χ1) is 15.0. The number of fused-ring (bicyclic) bond motifs is 3. The predicted molar refractivity (Wildman–Crippen MR) is 126 cm³/mol. The molecule has 6 rings (SSSR count). The van der Waals surface area contributed by atoms with Crippen LogP contribution in [0.15, 0.2) is 40.4 Å². The number of aryl methyl sites for hydroxylation is 2. The third-order valence-electron chi connectivity index (χ3n) is 6.80. The van der Waals surface area contributed by atoms with Gasteiger partial charge >= 0.3 is 0 Å². The van der Waals surface area contributed by atoms with Crippen LogP contribution in [0.3, 0.4) is 0 Å². The lowest BCUT2D eigenvalue weighted by Gasteiger charge is -2.21. The first kappa shape index (κ1) is 19.0. The van der Waals surface area contributed by atoms with Gasteiger partial charge in [0.05, 0.1) is 5.71 Å². The SMILES string of the molecule is Cc1sc2c(c1C)C(c1ccc(N3CC4=C(CNC4)C3)cc1)=NC(C)c1nnc(C)n1-2. The number of hydrogen-bond acceptors (Lipinski definition) is 6. The maximum Gasteiger partial charge on any atom is 0.162 e. The quantitative estimate of drug-likeness (QED) is 0.627. The fraction of sp³-hybridized carbons (Fsp3) is 0.375. The van der Waals surface area contributed by atoms with E-state index in [9.17, 15) is 0 Å². The van der Waals surface area contributed by atoms with Crippen molar-refractivity contribution in [2.24, 2.45) is 4.99 Å². The first-order valence-corrected chi connectivity index (χ1v) is 11.7. The van der Waals surface area contributed by atoms with Crippen LogP contribution in [0.2, 0.25) is 0 Å². The molecular formula is C24H26N6S. The second-order valence-electron chi connectivity index (χ2n) is 8.77. The van der Waals surface area contributed by atoms with Crippen LogP contribution in [-0.2, 0) is 0 Å². The van der Waals surface area contributed by atoms with Crippen molar-refractivity contribution in [2.75, 3.05) is 31.1 Å². The van der Waals surface area contributed by atoms with Crippen LogP contribution in [0.25, 0.3) is 5.00 Å². The average molecular weight is 431 g/mol. The Bertz CT molecular complexity index is 1240. The van der Waals surface area contributed by atoms with E-state index < -0.39 is 0 Å². The molecule has 1 unspecified atom stereocenters. The fourth-order valence-corrected chi connectivity index (χ4v) is 6.17. The van der Waals surface area contributed by atoms with Crippen LogP contribution in [-0.4, -0.2) is 46.7 Å². The monoisotopic (exact) mass is 430 g/mol. The molecule has 0 fully saturated rings. The summed E-state index contributed by atoms with van der Waals surface area (Å²) in [5.74, 6) is 1.83. The number of nitrogens with one attached hydrogen (secondary N) is 1. The summed E-state index contributed by atoms with van der Waals surface area (Å²) >= 11 is 1.81. The molecule has 5 heterocycles. The zero-order chi connectivity index (χ0) is 21.3. The van der Waals surface area contributed by atoms with Crippen LogP contribution >= 0.6 is 11.3 Å². The summed E-state index contributed by atoms with van der Waals surface area (Å²) in [7, 11) is 0. The average Bonchev–Trinajstić information content (AvgIpc) is 3.49. The van der Waals surface area contributed by atoms with E-state index in [2.05, 4.69) is 70.0 Å². The Kier molecular flexibility index (Phi) is 4.20. The van der Waals surface area contributed by atoms with Crippen LogP contribution in [0.1, 0.15) is 46.2 Å². The minimum atomic E-state index is -0.0477. The molecule has 0 saturated carbocycles. The molecular weight excluding hydrogens is 404 g/mol. The smallest absolute Gasteiger partial charge is 0.162 e. The van der Waals surface area contributed by atoms with Crippen molar-refractivity contribution in [3.8, 4) is 5.00 Å². The molecule has 6 nitrogen and oxygen atoms in total. The maximum absolute atomic E-state index is 5.16. The van der Waals surface area contributed by atoms with Crippen molar-refractivity contribution < 1.29 is 0 Å². The highest BCUT2D eigenvalue weighted by Gasteiger charge is 2.30. The molecule has 2 aromatic heterocycles. The molecule has 7 heteroatoms. The van der Waals surface area contributed by atoms with E-state index in [1.807, 2.05) is 18.3 Å². The summed E-state index contributed by atoms with van der Waals surface area (Å²) in [6.07, 6.45) is 0. The highest BCUT2D eigenvalue weighted by molar-refractivity contribution is 7.15. The Morgan fingerprint density at radius 1 is 1.00 bits per heavy atom. The topological polar surface area (TPSA) is 58.3 Å². The van der Waals surface area contributed by atoms with Gasteiger partial charge in [-0.1, -0.05) is 12.1 Å². The molecule has 3 aromatic rings. The van der Waals surface area contributed by atoms with Crippen molar-refractivity contribution in [2.45, 2.75) is 33.7 Å². The lowest BCUT2D eigenvalue weighted by Crippen LogP contribution is -2.26. The molecule has 3 aliphatic rings. The standard InChI is InChI=1S/C24H26N6S/c1-13-15(3)31-24-21(13)22(26-14(2)23-28-27-16(4)30(23)24)17-5-7-20(8-6-17)29-11-18-9-25-10-19(18)12-29/h5-8,14,25H,9-12H2,1-4H3. The molecule has 0 bridgehead atoms.